The zero-order valence-electron chi connectivity index (χ0n) is 19.0. The van der Waals surface area contributed by atoms with Gasteiger partial charge in [0.1, 0.15) is 11.8 Å². The number of nitrogens with zero attached hydrogens (tertiary/aromatic N) is 1. The first-order valence-electron chi connectivity index (χ1n) is 10.8. The van der Waals surface area contributed by atoms with Crippen molar-refractivity contribution in [1.82, 2.24) is 10.2 Å². The quantitative estimate of drug-likeness (QED) is 0.549. The van der Waals surface area contributed by atoms with Gasteiger partial charge in [0.05, 0.1) is 0 Å². The number of carbonyl (C=O) groups excluding carboxylic acids is 2. The summed E-state index contributed by atoms with van der Waals surface area (Å²) >= 11 is 6.32. The molecule has 0 unspecified atom stereocenters. The van der Waals surface area contributed by atoms with Crippen LogP contribution in [0.2, 0.25) is 5.02 Å². The van der Waals surface area contributed by atoms with Gasteiger partial charge in [-0.2, -0.15) is 0 Å². The fourth-order valence-corrected chi connectivity index (χ4v) is 3.37. The standard InChI is InChI=1S/C25H33ClN2O3/c1-6-18(4)27-25(30)19(5)28(15-20-11-7-9-13-22(20)26)24(29)16-31-23-14-10-8-12-21(23)17(2)3/h7-14,17-19H,6,15-16H2,1-5H3,(H,27,30)/t18-,19+/m1/s1. The van der Waals surface area contributed by atoms with Crippen molar-refractivity contribution in [3.8, 4) is 5.75 Å². The zero-order chi connectivity index (χ0) is 23.0. The van der Waals surface area contributed by atoms with Crippen LogP contribution >= 0.6 is 11.6 Å². The Balaban J connectivity index is 2.21. The van der Waals surface area contributed by atoms with Gasteiger partial charge in [-0.25, -0.2) is 0 Å². The normalized spacial score (nSPS) is 12.9. The molecule has 0 saturated heterocycles. The molecule has 2 aromatic carbocycles. The Morgan fingerprint density at radius 2 is 1.68 bits per heavy atom. The van der Waals surface area contributed by atoms with E-state index in [9.17, 15) is 9.59 Å². The molecule has 2 rings (SSSR count). The lowest BCUT2D eigenvalue weighted by molar-refractivity contribution is -0.142. The Bertz CT molecular complexity index is 885. The average molecular weight is 445 g/mol. The van der Waals surface area contributed by atoms with E-state index in [4.69, 9.17) is 16.3 Å². The first-order valence-corrected chi connectivity index (χ1v) is 11.2. The molecule has 0 radical (unpaired) electrons. The lowest BCUT2D eigenvalue weighted by Crippen LogP contribution is -2.50. The molecule has 6 heteroatoms. The van der Waals surface area contributed by atoms with Crippen molar-refractivity contribution in [1.29, 1.82) is 0 Å². The highest BCUT2D eigenvalue weighted by atomic mass is 35.5. The number of halogens is 1. The second kappa shape index (κ2) is 11.8. The van der Waals surface area contributed by atoms with Gasteiger partial charge in [0.15, 0.2) is 6.61 Å². The number of rotatable bonds is 10. The van der Waals surface area contributed by atoms with Gasteiger partial charge in [-0.3, -0.25) is 9.59 Å². The number of benzene rings is 2. The predicted octanol–water partition coefficient (Wildman–Crippen LogP) is 5.17. The lowest BCUT2D eigenvalue weighted by Gasteiger charge is -2.30. The number of nitrogens with one attached hydrogen (secondary N) is 1. The van der Waals surface area contributed by atoms with Crippen LogP contribution in [0.5, 0.6) is 5.75 Å². The summed E-state index contributed by atoms with van der Waals surface area (Å²) in [5.74, 6) is 0.480. The molecule has 0 bridgehead atoms. The summed E-state index contributed by atoms with van der Waals surface area (Å²) in [5, 5.41) is 3.51. The second-order valence-electron chi connectivity index (χ2n) is 8.09. The van der Waals surface area contributed by atoms with Crippen molar-refractivity contribution >= 4 is 23.4 Å². The molecule has 0 fully saturated rings. The summed E-state index contributed by atoms with van der Waals surface area (Å²) in [7, 11) is 0. The third kappa shape index (κ3) is 7.00. The Morgan fingerprint density at radius 3 is 2.32 bits per heavy atom. The first kappa shape index (κ1) is 24.7. The van der Waals surface area contributed by atoms with Crippen molar-refractivity contribution in [2.24, 2.45) is 0 Å². The summed E-state index contributed by atoms with van der Waals surface area (Å²) in [4.78, 5) is 27.5. The molecule has 1 N–H and O–H groups in total. The van der Waals surface area contributed by atoms with E-state index in [1.807, 2.05) is 56.3 Å². The highest BCUT2D eigenvalue weighted by Crippen LogP contribution is 2.26. The van der Waals surface area contributed by atoms with Gasteiger partial charge >= 0.3 is 0 Å². The molecule has 0 aromatic heterocycles. The number of carbonyl (C=O) groups is 2. The Labute approximate surface area is 190 Å². The van der Waals surface area contributed by atoms with Gasteiger partial charge in [-0.05, 0) is 49.4 Å². The van der Waals surface area contributed by atoms with E-state index in [0.29, 0.717) is 10.8 Å². The first-order chi connectivity index (χ1) is 14.7. The summed E-state index contributed by atoms with van der Waals surface area (Å²) in [6, 6.07) is 14.4. The molecule has 2 atom stereocenters. The molecule has 168 valence electrons. The molecule has 31 heavy (non-hydrogen) atoms. The maximum absolute atomic E-state index is 13.2. The van der Waals surface area contributed by atoms with Gasteiger partial charge in [0.25, 0.3) is 5.91 Å². The molecule has 0 heterocycles. The second-order valence-corrected chi connectivity index (χ2v) is 8.50. The minimum Gasteiger partial charge on any atom is -0.483 e. The fourth-order valence-electron chi connectivity index (χ4n) is 3.17. The molecule has 0 spiro atoms. The topological polar surface area (TPSA) is 58.6 Å². The monoisotopic (exact) mass is 444 g/mol. The molecule has 5 nitrogen and oxygen atoms in total. The largest absolute Gasteiger partial charge is 0.483 e. The maximum Gasteiger partial charge on any atom is 0.261 e. The van der Waals surface area contributed by atoms with E-state index < -0.39 is 6.04 Å². The predicted molar refractivity (Wildman–Crippen MR) is 125 cm³/mol. The molecular formula is C25H33ClN2O3. The van der Waals surface area contributed by atoms with Crippen molar-refractivity contribution in [3.05, 3.63) is 64.7 Å². The SMILES string of the molecule is CC[C@@H](C)NC(=O)[C@H](C)N(Cc1ccccc1Cl)C(=O)COc1ccccc1C(C)C. The summed E-state index contributed by atoms with van der Waals surface area (Å²) in [5.41, 5.74) is 1.82. The van der Waals surface area contributed by atoms with Crippen LogP contribution < -0.4 is 10.1 Å². The Kier molecular flexibility index (Phi) is 9.38. The van der Waals surface area contributed by atoms with Crippen LogP contribution in [0.3, 0.4) is 0 Å². The molecule has 0 saturated carbocycles. The number of amides is 2. The van der Waals surface area contributed by atoms with Crippen molar-refractivity contribution < 1.29 is 14.3 Å². The molecular weight excluding hydrogens is 412 g/mol. The molecule has 2 amide bonds. The van der Waals surface area contributed by atoms with Crippen LogP contribution in [0.15, 0.2) is 48.5 Å². The van der Waals surface area contributed by atoms with E-state index in [-0.39, 0.29) is 36.9 Å². The van der Waals surface area contributed by atoms with Crippen LogP contribution in [0.1, 0.15) is 58.1 Å². The summed E-state index contributed by atoms with van der Waals surface area (Å²) < 4.78 is 5.89. The van der Waals surface area contributed by atoms with Crippen LogP contribution in [-0.4, -0.2) is 35.4 Å². The third-order valence-electron chi connectivity index (χ3n) is 5.36. The summed E-state index contributed by atoms with van der Waals surface area (Å²) in [6.07, 6.45) is 0.812. The van der Waals surface area contributed by atoms with E-state index >= 15 is 0 Å². The van der Waals surface area contributed by atoms with Crippen LogP contribution in [-0.2, 0) is 16.1 Å². The van der Waals surface area contributed by atoms with E-state index in [1.54, 1.807) is 13.0 Å². The van der Waals surface area contributed by atoms with E-state index in [0.717, 1.165) is 17.5 Å². The Morgan fingerprint density at radius 1 is 1.03 bits per heavy atom. The van der Waals surface area contributed by atoms with Crippen molar-refractivity contribution in [3.63, 3.8) is 0 Å². The zero-order valence-corrected chi connectivity index (χ0v) is 19.8. The minimum absolute atomic E-state index is 0.0291. The van der Waals surface area contributed by atoms with Crippen molar-refractivity contribution in [2.45, 2.75) is 65.6 Å². The number of hydrogen-bond acceptors (Lipinski definition) is 3. The van der Waals surface area contributed by atoms with Crippen LogP contribution in [0, 0.1) is 0 Å². The molecule has 0 aliphatic heterocycles. The maximum atomic E-state index is 13.2. The smallest absolute Gasteiger partial charge is 0.261 e. The number of hydrogen-bond donors (Lipinski definition) is 1. The lowest BCUT2D eigenvalue weighted by atomic mass is 10.0. The number of para-hydroxylation sites is 1. The van der Waals surface area contributed by atoms with Crippen LogP contribution in [0.4, 0.5) is 0 Å². The van der Waals surface area contributed by atoms with Gasteiger partial charge < -0.3 is 15.0 Å². The Hall–Kier alpha value is -2.53. The highest BCUT2D eigenvalue weighted by molar-refractivity contribution is 6.31. The molecule has 0 aliphatic carbocycles. The summed E-state index contributed by atoms with van der Waals surface area (Å²) in [6.45, 7) is 9.90. The van der Waals surface area contributed by atoms with Gasteiger partial charge in [-0.1, -0.05) is 68.8 Å². The van der Waals surface area contributed by atoms with Crippen LogP contribution in [0.25, 0.3) is 0 Å². The van der Waals surface area contributed by atoms with Crippen molar-refractivity contribution in [2.75, 3.05) is 6.61 Å². The highest BCUT2D eigenvalue weighted by Gasteiger charge is 2.27. The minimum atomic E-state index is -0.665. The van der Waals surface area contributed by atoms with Gasteiger partial charge in [0, 0.05) is 17.6 Å². The molecule has 0 aliphatic rings. The molecule has 2 aromatic rings. The van der Waals surface area contributed by atoms with Gasteiger partial charge in [-0.15, -0.1) is 0 Å². The van der Waals surface area contributed by atoms with E-state index in [1.165, 1.54) is 4.90 Å². The number of ether oxygens (including phenoxy) is 1. The van der Waals surface area contributed by atoms with Gasteiger partial charge in [0.2, 0.25) is 5.91 Å². The third-order valence-corrected chi connectivity index (χ3v) is 5.73. The fraction of sp³-hybridized carbons (Fsp3) is 0.440. The van der Waals surface area contributed by atoms with E-state index in [2.05, 4.69) is 19.2 Å². The average Bonchev–Trinajstić information content (AvgIpc) is 2.76.